The van der Waals surface area contributed by atoms with Gasteiger partial charge in [-0.3, -0.25) is 9.69 Å². The van der Waals surface area contributed by atoms with E-state index in [4.69, 9.17) is 9.84 Å². The van der Waals surface area contributed by atoms with Crippen LogP contribution in [0, 0.1) is 0 Å². The number of piperidine rings is 1. The number of hydrogen-bond donors (Lipinski definition) is 1. The lowest BCUT2D eigenvalue weighted by molar-refractivity contribution is -0.136. The molecule has 20 heavy (non-hydrogen) atoms. The number of aliphatic carboxylic acids is 1. The first-order valence-electron chi connectivity index (χ1n) is 6.93. The topological polar surface area (TPSA) is 49.8 Å². The lowest BCUT2D eigenvalue weighted by Gasteiger charge is -2.28. The molecule has 0 unspecified atom stereocenters. The van der Waals surface area contributed by atoms with E-state index in [9.17, 15) is 9.18 Å². The number of ether oxygens (including phenoxy) is 1. The summed E-state index contributed by atoms with van der Waals surface area (Å²) in [6.07, 6.45) is 0.612. The van der Waals surface area contributed by atoms with Crippen LogP contribution in [0.5, 0.6) is 5.75 Å². The van der Waals surface area contributed by atoms with Gasteiger partial charge in [0.2, 0.25) is 0 Å². The van der Waals surface area contributed by atoms with Gasteiger partial charge >= 0.3 is 5.97 Å². The Kier molecular flexibility index (Phi) is 5.35. The maximum Gasteiger partial charge on any atom is 0.307 e. The van der Waals surface area contributed by atoms with Crippen LogP contribution >= 0.6 is 0 Å². The van der Waals surface area contributed by atoms with Crippen LogP contribution in [-0.4, -0.2) is 48.4 Å². The first-order chi connectivity index (χ1) is 9.63. The van der Waals surface area contributed by atoms with Crippen LogP contribution in [0.1, 0.15) is 18.4 Å². The first-order valence-corrected chi connectivity index (χ1v) is 6.93. The molecule has 5 heteroatoms. The van der Waals surface area contributed by atoms with E-state index in [0.29, 0.717) is 19.4 Å². The zero-order valence-electron chi connectivity index (χ0n) is 11.4. The average Bonchev–Trinajstić information content (AvgIpc) is 2.42. The molecule has 1 heterocycles. The van der Waals surface area contributed by atoms with Gasteiger partial charge in [0.05, 0.1) is 6.42 Å². The van der Waals surface area contributed by atoms with E-state index in [1.807, 2.05) is 0 Å². The molecule has 1 saturated heterocycles. The average molecular weight is 281 g/mol. The Bertz CT molecular complexity index is 427. The standard InChI is InChI=1S/C15H20FNO3/c16-13-5-7-17(8-6-13)9-10-20-14-3-1-12(2-4-14)11-15(18)19/h1-4,13H,5-11H2,(H,18,19). The predicted octanol–water partition coefficient (Wildman–Crippen LogP) is 2.13. The second-order valence-corrected chi connectivity index (χ2v) is 5.08. The lowest BCUT2D eigenvalue weighted by Crippen LogP contribution is -2.37. The maximum absolute atomic E-state index is 13.0. The molecule has 1 N–H and O–H groups in total. The molecule has 0 amide bonds. The zero-order chi connectivity index (χ0) is 14.4. The molecule has 0 bridgehead atoms. The highest BCUT2D eigenvalue weighted by atomic mass is 19.1. The van der Waals surface area contributed by atoms with Crippen molar-refractivity contribution in [3.05, 3.63) is 29.8 Å². The van der Waals surface area contributed by atoms with Crippen LogP contribution in [0.25, 0.3) is 0 Å². The van der Waals surface area contributed by atoms with Crippen molar-refractivity contribution in [2.24, 2.45) is 0 Å². The van der Waals surface area contributed by atoms with Gasteiger partial charge in [-0.25, -0.2) is 4.39 Å². The summed E-state index contributed by atoms with van der Waals surface area (Å²) < 4.78 is 18.6. The minimum atomic E-state index is -0.838. The third kappa shape index (κ3) is 4.81. The van der Waals surface area contributed by atoms with Gasteiger partial charge in [-0.1, -0.05) is 12.1 Å². The molecule has 0 saturated carbocycles. The molecule has 0 aliphatic carbocycles. The highest BCUT2D eigenvalue weighted by molar-refractivity contribution is 5.70. The Morgan fingerprint density at radius 2 is 1.95 bits per heavy atom. The van der Waals surface area contributed by atoms with Crippen LogP contribution < -0.4 is 4.74 Å². The van der Waals surface area contributed by atoms with Crippen LogP contribution in [-0.2, 0) is 11.2 Å². The van der Waals surface area contributed by atoms with E-state index < -0.39 is 12.1 Å². The van der Waals surface area contributed by atoms with Crippen molar-refractivity contribution in [3.63, 3.8) is 0 Å². The van der Waals surface area contributed by atoms with Gasteiger partial charge in [0, 0.05) is 19.6 Å². The van der Waals surface area contributed by atoms with E-state index in [1.165, 1.54) is 0 Å². The fraction of sp³-hybridized carbons (Fsp3) is 0.533. The van der Waals surface area contributed by atoms with Crippen molar-refractivity contribution in [3.8, 4) is 5.75 Å². The minimum absolute atomic E-state index is 0.0262. The van der Waals surface area contributed by atoms with E-state index in [-0.39, 0.29) is 6.42 Å². The van der Waals surface area contributed by atoms with Crippen LogP contribution in [0.2, 0.25) is 0 Å². The Morgan fingerprint density at radius 3 is 2.55 bits per heavy atom. The van der Waals surface area contributed by atoms with E-state index in [0.717, 1.165) is 30.9 Å². The summed E-state index contributed by atoms with van der Waals surface area (Å²) in [7, 11) is 0. The van der Waals surface area contributed by atoms with Crippen molar-refractivity contribution in [1.82, 2.24) is 4.90 Å². The third-order valence-electron chi connectivity index (χ3n) is 3.47. The monoisotopic (exact) mass is 281 g/mol. The number of rotatable bonds is 6. The number of alkyl halides is 1. The first kappa shape index (κ1) is 14.8. The van der Waals surface area contributed by atoms with Crippen LogP contribution in [0.15, 0.2) is 24.3 Å². The number of halogens is 1. The van der Waals surface area contributed by atoms with Gasteiger partial charge in [-0.2, -0.15) is 0 Å². The summed E-state index contributed by atoms with van der Waals surface area (Å²) in [6, 6.07) is 7.09. The van der Waals surface area contributed by atoms with Gasteiger partial charge < -0.3 is 9.84 Å². The molecular formula is C15H20FNO3. The van der Waals surface area contributed by atoms with Gasteiger partial charge in [0.15, 0.2) is 0 Å². The molecule has 0 spiro atoms. The number of hydrogen-bond acceptors (Lipinski definition) is 3. The van der Waals surface area contributed by atoms with Gasteiger partial charge in [-0.15, -0.1) is 0 Å². The second kappa shape index (κ2) is 7.24. The molecule has 0 atom stereocenters. The summed E-state index contributed by atoms with van der Waals surface area (Å²) in [4.78, 5) is 12.8. The summed E-state index contributed by atoms with van der Waals surface area (Å²) in [5.74, 6) is -0.102. The van der Waals surface area contributed by atoms with E-state index in [2.05, 4.69) is 4.90 Å². The summed E-state index contributed by atoms with van der Waals surface area (Å²) in [6.45, 7) is 2.95. The van der Waals surface area contributed by atoms with Crippen molar-refractivity contribution in [2.45, 2.75) is 25.4 Å². The Morgan fingerprint density at radius 1 is 1.30 bits per heavy atom. The Labute approximate surface area is 118 Å². The number of nitrogens with zero attached hydrogens (tertiary/aromatic N) is 1. The Hall–Kier alpha value is -1.62. The second-order valence-electron chi connectivity index (χ2n) is 5.08. The summed E-state index contributed by atoms with van der Waals surface area (Å²) >= 11 is 0. The van der Waals surface area contributed by atoms with Gasteiger partial charge in [0.1, 0.15) is 18.5 Å². The summed E-state index contributed by atoms with van der Waals surface area (Å²) in [5, 5.41) is 8.68. The molecular weight excluding hydrogens is 261 g/mol. The molecule has 110 valence electrons. The molecule has 1 aromatic carbocycles. The van der Waals surface area contributed by atoms with Crippen LogP contribution in [0.4, 0.5) is 4.39 Å². The largest absolute Gasteiger partial charge is 0.492 e. The highest BCUT2D eigenvalue weighted by Crippen LogP contribution is 2.14. The number of likely N-dealkylation sites (tertiary alicyclic amines) is 1. The Balaban J connectivity index is 1.70. The van der Waals surface area contributed by atoms with E-state index in [1.54, 1.807) is 24.3 Å². The predicted molar refractivity (Wildman–Crippen MR) is 73.8 cm³/mol. The third-order valence-corrected chi connectivity index (χ3v) is 3.47. The fourth-order valence-corrected chi connectivity index (χ4v) is 2.30. The number of carboxylic acids is 1. The fourth-order valence-electron chi connectivity index (χ4n) is 2.30. The number of benzene rings is 1. The molecule has 0 aromatic heterocycles. The highest BCUT2D eigenvalue weighted by Gasteiger charge is 2.17. The molecule has 1 aromatic rings. The maximum atomic E-state index is 13.0. The molecule has 1 aliphatic rings. The quantitative estimate of drug-likeness (QED) is 0.868. The van der Waals surface area contributed by atoms with Crippen molar-refractivity contribution in [1.29, 1.82) is 0 Å². The normalized spacial score (nSPS) is 17.1. The van der Waals surface area contributed by atoms with Crippen molar-refractivity contribution in [2.75, 3.05) is 26.2 Å². The molecule has 2 rings (SSSR count). The van der Waals surface area contributed by atoms with Crippen molar-refractivity contribution < 1.29 is 19.0 Å². The number of carboxylic acid groups (broad SMARTS) is 1. The molecule has 4 nitrogen and oxygen atoms in total. The molecule has 0 radical (unpaired) electrons. The molecule has 1 aliphatic heterocycles. The zero-order valence-corrected chi connectivity index (χ0v) is 11.4. The van der Waals surface area contributed by atoms with Gasteiger partial charge in [-0.05, 0) is 30.5 Å². The lowest BCUT2D eigenvalue weighted by atomic mass is 10.1. The van der Waals surface area contributed by atoms with Gasteiger partial charge in [0.25, 0.3) is 0 Å². The smallest absolute Gasteiger partial charge is 0.307 e. The van der Waals surface area contributed by atoms with E-state index >= 15 is 0 Å². The minimum Gasteiger partial charge on any atom is -0.492 e. The number of carbonyl (C=O) groups is 1. The SMILES string of the molecule is O=C(O)Cc1ccc(OCCN2CCC(F)CC2)cc1. The van der Waals surface area contributed by atoms with Crippen molar-refractivity contribution >= 4 is 5.97 Å². The molecule has 1 fully saturated rings. The van der Waals surface area contributed by atoms with Crippen LogP contribution in [0.3, 0.4) is 0 Å². The summed E-state index contributed by atoms with van der Waals surface area (Å²) in [5.41, 5.74) is 0.759.